The van der Waals surface area contributed by atoms with Crippen LogP contribution < -0.4 is 11.1 Å². The third-order valence-electron chi connectivity index (χ3n) is 2.61. The van der Waals surface area contributed by atoms with E-state index in [1.807, 2.05) is 26.0 Å². The van der Waals surface area contributed by atoms with Crippen molar-refractivity contribution in [2.75, 3.05) is 11.9 Å². The zero-order chi connectivity index (χ0) is 13.1. The molecule has 0 aliphatic heterocycles. The van der Waals surface area contributed by atoms with Crippen LogP contribution in [0.25, 0.3) is 10.9 Å². The van der Waals surface area contributed by atoms with E-state index in [9.17, 15) is 0 Å². The minimum Gasteiger partial charge on any atom is -0.370 e. The Morgan fingerprint density at radius 1 is 1.33 bits per heavy atom. The number of rotatable bonds is 2. The van der Waals surface area contributed by atoms with Crippen LogP contribution >= 0.6 is 0 Å². The molecule has 2 rings (SSSR count). The van der Waals surface area contributed by atoms with Crippen LogP contribution in [-0.2, 0) is 0 Å². The second kappa shape index (κ2) is 5.00. The van der Waals surface area contributed by atoms with E-state index in [2.05, 4.69) is 33.3 Å². The molecule has 0 spiro atoms. The number of nitrogens with two attached hydrogens (primary N) is 1. The molecule has 0 aliphatic carbocycles. The van der Waals surface area contributed by atoms with Gasteiger partial charge in [0.15, 0.2) is 5.96 Å². The van der Waals surface area contributed by atoms with Crippen molar-refractivity contribution in [3.05, 3.63) is 29.5 Å². The minimum absolute atomic E-state index is 0.336. The van der Waals surface area contributed by atoms with Gasteiger partial charge in [0.25, 0.3) is 0 Å². The maximum atomic E-state index is 5.69. The molecule has 0 unspecified atom stereocenters. The molecule has 0 aliphatic rings. The van der Waals surface area contributed by atoms with Gasteiger partial charge in [0.2, 0.25) is 5.95 Å². The van der Waals surface area contributed by atoms with Crippen molar-refractivity contribution in [1.82, 2.24) is 9.97 Å². The molecule has 0 saturated heterocycles. The second-order valence-corrected chi connectivity index (χ2v) is 4.14. The van der Waals surface area contributed by atoms with E-state index in [-0.39, 0.29) is 0 Å². The first kappa shape index (κ1) is 12.3. The normalized spacial score (nSPS) is 11.8. The fraction of sp³-hybridized carbons (Fsp3) is 0.308. The zero-order valence-electron chi connectivity index (χ0n) is 10.9. The van der Waals surface area contributed by atoms with Gasteiger partial charge in [0, 0.05) is 11.9 Å². The summed E-state index contributed by atoms with van der Waals surface area (Å²) in [5, 5.41) is 3.96. The maximum Gasteiger partial charge on any atom is 0.230 e. The van der Waals surface area contributed by atoms with E-state index >= 15 is 0 Å². The standard InChI is InChI=1S/C13H17N5/c1-4-15-12(14)18-13-16-9(3)10-7-8(2)5-6-11(10)17-13/h5-7H,4H2,1-3H3,(H3,14,15,16,17,18). The highest BCUT2D eigenvalue weighted by Crippen LogP contribution is 2.18. The Bertz CT molecular complexity index is 604. The average molecular weight is 243 g/mol. The number of aryl methyl sites for hydroxylation is 2. The maximum absolute atomic E-state index is 5.69. The summed E-state index contributed by atoms with van der Waals surface area (Å²) in [5.41, 5.74) is 8.72. The van der Waals surface area contributed by atoms with Gasteiger partial charge in [-0.05, 0) is 32.9 Å². The number of aliphatic imine (C=N–C) groups is 1. The van der Waals surface area contributed by atoms with Crippen molar-refractivity contribution < 1.29 is 0 Å². The Morgan fingerprint density at radius 3 is 2.83 bits per heavy atom. The summed E-state index contributed by atoms with van der Waals surface area (Å²) in [7, 11) is 0. The smallest absolute Gasteiger partial charge is 0.230 e. The highest BCUT2D eigenvalue weighted by molar-refractivity contribution is 5.92. The van der Waals surface area contributed by atoms with E-state index in [4.69, 9.17) is 5.73 Å². The lowest BCUT2D eigenvalue weighted by Crippen LogP contribution is -2.24. The van der Waals surface area contributed by atoms with Gasteiger partial charge in [-0.3, -0.25) is 10.3 Å². The number of nitrogens with zero attached hydrogens (tertiary/aromatic N) is 3. The van der Waals surface area contributed by atoms with Crippen LogP contribution in [0.15, 0.2) is 23.2 Å². The van der Waals surface area contributed by atoms with Crippen LogP contribution in [0.1, 0.15) is 18.2 Å². The van der Waals surface area contributed by atoms with Crippen LogP contribution in [0, 0.1) is 13.8 Å². The van der Waals surface area contributed by atoms with E-state index < -0.39 is 0 Å². The molecule has 1 heterocycles. The lowest BCUT2D eigenvalue weighted by Gasteiger charge is -2.07. The summed E-state index contributed by atoms with van der Waals surface area (Å²) in [6, 6.07) is 6.09. The van der Waals surface area contributed by atoms with Crippen molar-refractivity contribution in [2.45, 2.75) is 20.8 Å². The number of nitrogens with one attached hydrogen (secondary N) is 1. The number of hydrogen-bond donors (Lipinski definition) is 2. The molecular weight excluding hydrogens is 226 g/mol. The first-order chi connectivity index (χ1) is 8.60. The summed E-state index contributed by atoms with van der Waals surface area (Å²) in [6.45, 7) is 6.56. The third kappa shape index (κ3) is 2.56. The number of fused-ring (bicyclic) bond motifs is 1. The molecule has 2 aromatic rings. The highest BCUT2D eigenvalue weighted by atomic mass is 15.2. The number of hydrogen-bond acceptors (Lipinski definition) is 3. The van der Waals surface area contributed by atoms with Gasteiger partial charge < -0.3 is 5.73 Å². The molecule has 0 amide bonds. The zero-order valence-corrected chi connectivity index (χ0v) is 10.9. The predicted molar refractivity (Wildman–Crippen MR) is 74.8 cm³/mol. The first-order valence-electron chi connectivity index (χ1n) is 5.92. The SMILES string of the molecule is CCN=C(N)Nc1nc(C)c2cc(C)ccc2n1. The molecule has 0 saturated carbocycles. The number of benzene rings is 1. The van der Waals surface area contributed by atoms with Crippen molar-refractivity contribution in [3.63, 3.8) is 0 Å². The summed E-state index contributed by atoms with van der Waals surface area (Å²) in [5.74, 6) is 0.821. The van der Waals surface area contributed by atoms with Crippen molar-refractivity contribution in [3.8, 4) is 0 Å². The van der Waals surface area contributed by atoms with Crippen LogP contribution in [0.2, 0.25) is 0 Å². The second-order valence-electron chi connectivity index (χ2n) is 4.14. The summed E-state index contributed by atoms with van der Waals surface area (Å²) < 4.78 is 0. The van der Waals surface area contributed by atoms with Gasteiger partial charge in [0.1, 0.15) is 0 Å². The lowest BCUT2D eigenvalue weighted by atomic mass is 10.1. The minimum atomic E-state index is 0.336. The molecule has 0 fully saturated rings. The highest BCUT2D eigenvalue weighted by Gasteiger charge is 2.05. The van der Waals surface area contributed by atoms with Crippen LogP contribution in [0.4, 0.5) is 5.95 Å². The predicted octanol–water partition coefficient (Wildman–Crippen LogP) is 1.99. The lowest BCUT2D eigenvalue weighted by molar-refractivity contribution is 1.10. The Balaban J connectivity index is 2.43. The monoisotopic (exact) mass is 243 g/mol. The number of anilines is 1. The fourth-order valence-electron chi connectivity index (χ4n) is 1.78. The summed E-state index contributed by atoms with van der Waals surface area (Å²) >= 11 is 0. The molecule has 0 bridgehead atoms. The fourth-order valence-corrected chi connectivity index (χ4v) is 1.78. The average Bonchev–Trinajstić information content (AvgIpc) is 2.30. The molecule has 0 atom stereocenters. The molecule has 94 valence electrons. The van der Waals surface area contributed by atoms with Crippen LogP contribution in [-0.4, -0.2) is 22.5 Å². The molecule has 18 heavy (non-hydrogen) atoms. The molecule has 1 aromatic heterocycles. The van der Waals surface area contributed by atoms with E-state index in [0.717, 1.165) is 16.6 Å². The van der Waals surface area contributed by atoms with Gasteiger partial charge in [-0.25, -0.2) is 9.97 Å². The van der Waals surface area contributed by atoms with Gasteiger partial charge >= 0.3 is 0 Å². The first-order valence-corrected chi connectivity index (χ1v) is 5.92. The summed E-state index contributed by atoms with van der Waals surface area (Å²) in [6.07, 6.45) is 0. The quantitative estimate of drug-likeness (QED) is 0.624. The van der Waals surface area contributed by atoms with E-state index in [0.29, 0.717) is 18.5 Å². The van der Waals surface area contributed by atoms with Crippen LogP contribution in [0.5, 0.6) is 0 Å². The van der Waals surface area contributed by atoms with E-state index in [1.54, 1.807) is 0 Å². The molecule has 0 radical (unpaired) electrons. The Hall–Kier alpha value is -2.17. The van der Waals surface area contributed by atoms with Gasteiger partial charge in [-0.1, -0.05) is 11.6 Å². The van der Waals surface area contributed by atoms with Gasteiger partial charge in [-0.15, -0.1) is 0 Å². The Kier molecular flexibility index (Phi) is 3.41. The topological polar surface area (TPSA) is 76.2 Å². The van der Waals surface area contributed by atoms with Gasteiger partial charge in [0.05, 0.1) is 11.2 Å². The van der Waals surface area contributed by atoms with Crippen LogP contribution in [0.3, 0.4) is 0 Å². The summed E-state index contributed by atoms with van der Waals surface area (Å²) in [4.78, 5) is 12.8. The molecule has 5 nitrogen and oxygen atoms in total. The van der Waals surface area contributed by atoms with Crippen molar-refractivity contribution in [2.24, 2.45) is 10.7 Å². The van der Waals surface area contributed by atoms with Crippen molar-refractivity contribution >= 4 is 22.8 Å². The molecule has 1 aromatic carbocycles. The Morgan fingerprint density at radius 2 is 2.11 bits per heavy atom. The third-order valence-corrected chi connectivity index (χ3v) is 2.61. The molecular formula is C13H17N5. The largest absolute Gasteiger partial charge is 0.370 e. The number of guanidine groups is 1. The Labute approximate surface area is 106 Å². The van der Waals surface area contributed by atoms with Crippen molar-refractivity contribution in [1.29, 1.82) is 0 Å². The van der Waals surface area contributed by atoms with Gasteiger partial charge in [-0.2, -0.15) is 0 Å². The van der Waals surface area contributed by atoms with E-state index in [1.165, 1.54) is 5.56 Å². The molecule has 3 N–H and O–H groups in total. The molecule has 5 heteroatoms. The number of aromatic nitrogens is 2.